The van der Waals surface area contributed by atoms with Gasteiger partial charge in [-0.2, -0.15) is 5.10 Å². The van der Waals surface area contributed by atoms with Crippen LogP contribution in [0.3, 0.4) is 0 Å². The standard InChI is InChI=1S/C19H18Cl2N4OS/c1-12-3-2-4-14(9-12)18-23-24-19(27)25(18)11-17(26)22-8-7-13-5-6-15(20)10-16(13)21/h2-6,9-10H,7-8,11H2,1H3,(H,22,26)(H,24,27). The Morgan fingerprint density at radius 2 is 2.07 bits per heavy atom. The number of H-pyrrole nitrogens is 1. The number of nitrogens with zero attached hydrogens (tertiary/aromatic N) is 2. The number of halogens is 2. The Labute approximate surface area is 172 Å². The Morgan fingerprint density at radius 1 is 1.26 bits per heavy atom. The number of hydrogen-bond acceptors (Lipinski definition) is 3. The van der Waals surface area contributed by atoms with Gasteiger partial charge in [-0.25, -0.2) is 0 Å². The van der Waals surface area contributed by atoms with Crippen LogP contribution in [0, 0.1) is 11.7 Å². The number of rotatable bonds is 6. The van der Waals surface area contributed by atoms with Crippen molar-refractivity contribution < 1.29 is 4.79 Å². The van der Waals surface area contributed by atoms with Crippen LogP contribution in [0.2, 0.25) is 10.0 Å². The zero-order valence-corrected chi connectivity index (χ0v) is 17.0. The highest BCUT2D eigenvalue weighted by Crippen LogP contribution is 2.21. The van der Waals surface area contributed by atoms with Crippen LogP contribution >= 0.6 is 35.4 Å². The van der Waals surface area contributed by atoms with Crippen molar-refractivity contribution >= 4 is 41.3 Å². The molecule has 0 unspecified atom stereocenters. The third-order valence-corrected chi connectivity index (χ3v) is 4.97. The summed E-state index contributed by atoms with van der Waals surface area (Å²) in [4.78, 5) is 12.4. The molecule has 0 aliphatic rings. The van der Waals surface area contributed by atoms with E-state index in [2.05, 4.69) is 15.5 Å². The van der Waals surface area contributed by atoms with Crippen molar-refractivity contribution in [2.75, 3.05) is 6.54 Å². The lowest BCUT2D eigenvalue weighted by Crippen LogP contribution is -2.29. The molecule has 3 aromatic rings. The van der Waals surface area contributed by atoms with Crippen molar-refractivity contribution in [3.8, 4) is 11.4 Å². The van der Waals surface area contributed by atoms with E-state index in [-0.39, 0.29) is 12.5 Å². The number of amides is 1. The molecule has 0 saturated heterocycles. The van der Waals surface area contributed by atoms with Gasteiger partial charge in [-0.05, 0) is 49.3 Å². The average Bonchev–Trinajstić information content (AvgIpc) is 2.97. The first kappa shape index (κ1) is 19.6. The minimum absolute atomic E-state index is 0.0902. The van der Waals surface area contributed by atoms with Gasteiger partial charge in [-0.3, -0.25) is 14.5 Å². The van der Waals surface area contributed by atoms with Gasteiger partial charge < -0.3 is 5.32 Å². The molecule has 0 bridgehead atoms. The SMILES string of the molecule is Cc1cccc(-c2n[nH]c(=S)n2CC(=O)NCCc2ccc(Cl)cc2Cl)c1. The van der Waals surface area contributed by atoms with Gasteiger partial charge in [0.1, 0.15) is 6.54 Å². The first-order valence-corrected chi connectivity index (χ1v) is 9.53. The van der Waals surface area contributed by atoms with Crippen LogP contribution in [-0.2, 0) is 17.8 Å². The maximum Gasteiger partial charge on any atom is 0.240 e. The Balaban J connectivity index is 1.65. The average molecular weight is 421 g/mol. The van der Waals surface area contributed by atoms with Crippen molar-refractivity contribution in [2.45, 2.75) is 19.9 Å². The largest absolute Gasteiger partial charge is 0.354 e. The minimum atomic E-state index is -0.147. The van der Waals surface area contributed by atoms with Gasteiger partial charge in [-0.15, -0.1) is 0 Å². The predicted octanol–water partition coefficient (Wildman–Crippen LogP) is 4.58. The first-order chi connectivity index (χ1) is 12.9. The molecule has 0 radical (unpaired) electrons. The highest BCUT2D eigenvalue weighted by molar-refractivity contribution is 7.71. The summed E-state index contributed by atoms with van der Waals surface area (Å²) >= 11 is 17.3. The molecular formula is C19H18Cl2N4OS. The van der Waals surface area contributed by atoms with Crippen LogP contribution in [-0.4, -0.2) is 27.2 Å². The zero-order valence-electron chi connectivity index (χ0n) is 14.6. The fourth-order valence-corrected chi connectivity index (χ4v) is 3.43. The molecule has 2 aromatic carbocycles. The van der Waals surface area contributed by atoms with E-state index in [1.54, 1.807) is 16.7 Å². The molecule has 5 nitrogen and oxygen atoms in total. The summed E-state index contributed by atoms with van der Waals surface area (Å²) in [5.74, 6) is 0.492. The highest BCUT2D eigenvalue weighted by atomic mass is 35.5. The Kier molecular flexibility index (Phi) is 6.31. The lowest BCUT2D eigenvalue weighted by atomic mass is 10.1. The Hall–Kier alpha value is -2.15. The third-order valence-electron chi connectivity index (χ3n) is 4.07. The number of hydrogen-bond donors (Lipinski definition) is 2. The van der Waals surface area contributed by atoms with Crippen LogP contribution in [0.5, 0.6) is 0 Å². The second kappa shape index (κ2) is 8.69. The maximum atomic E-state index is 12.4. The molecule has 0 fully saturated rings. The molecule has 1 amide bonds. The second-order valence-corrected chi connectivity index (χ2v) is 7.37. The van der Waals surface area contributed by atoms with Gasteiger partial charge in [0.25, 0.3) is 0 Å². The number of carbonyl (C=O) groups excluding carboxylic acids is 1. The second-order valence-electron chi connectivity index (χ2n) is 6.14. The van der Waals surface area contributed by atoms with Crippen molar-refractivity contribution in [3.05, 3.63) is 68.4 Å². The van der Waals surface area contributed by atoms with Crippen LogP contribution in [0.15, 0.2) is 42.5 Å². The molecule has 27 heavy (non-hydrogen) atoms. The lowest BCUT2D eigenvalue weighted by Gasteiger charge is -2.09. The molecule has 8 heteroatoms. The molecule has 1 aromatic heterocycles. The number of nitrogens with one attached hydrogen (secondary N) is 2. The molecule has 140 valence electrons. The summed E-state index contributed by atoms with van der Waals surface area (Å²) in [5.41, 5.74) is 2.95. The Bertz CT molecular complexity index is 1030. The zero-order chi connectivity index (χ0) is 19.4. The van der Waals surface area contributed by atoms with Crippen LogP contribution in [0.1, 0.15) is 11.1 Å². The summed E-state index contributed by atoms with van der Waals surface area (Å²) in [5, 5.41) is 11.1. The molecule has 0 spiro atoms. The topological polar surface area (TPSA) is 62.7 Å². The van der Waals surface area contributed by atoms with Gasteiger partial charge in [0.15, 0.2) is 10.6 Å². The summed E-state index contributed by atoms with van der Waals surface area (Å²) in [6, 6.07) is 13.2. The van der Waals surface area contributed by atoms with Gasteiger partial charge in [-0.1, -0.05) is 53.0 Å². The van der Waals surface area contributed by atoms with Crippen molar-refractivity contribution in [1.82, 2.24) is 20.1 Å². The van der Waals surface area contributed by atoms with Gasteiger partial charge >= 0.3 is 0 Å². The number of aromatic amines is 1. The predicted molar refractivity (Wildman–Crippen MR) is 111 cm³/mol. The first-order valence-electron chi connectivity index (χ1n) is 8.37. The van der Waals surface area contributed by atoms with Gasteiger partial charge in [0.05, 0.1) is 0 Å². The van der Waals surface area contributed by atoms with Crippen LogP contribution in [0.25, 0.3) is 11.4 Å². The van der Waals surface area contributed by atoms with E-state index in [1.165, 1.54) is 0 Å². The van der Waals surface area contributed by atoms with Crippen LogP contribution < -0.4 is 5.32 Å². The quantitative estimate of drug-likeness (QED) is 0.573. The fourth-order valence-electron chi connectivity index (χ4n) is 2.73. The number of carbonyl (C=O) groups is 1. The maximum absolute atomic E-state index is 12.4. The molecule has 0 saturated carbocycles. The summed E-state index contributed by atoms with van der Waals surface area (Å²) in [6.07, 6.45) is 0.614. The minimum Gasteiger partial charge on any atom is -0.354 e. The third kappa shape index (κ3) is 4.97. The molecule has 1 heterocycles. The van der Waals surface area contributed by atoms with Crippen molar-refractivity contribution in [2.24, 2.45) is 0 Å². The molecule has 3 rings (SSSR count). The van der Waals surface area contributed by atoms with E-state index in [1.807, 2.05) is 37.3 Å². The van der Waals surface area contributed by atoms with Crippen molar-refractivity contribution in [1.29, 1.82) is 0 Å². The normalized spacial score (nSPS) is 10.8. The highest BCUT2D eigenvalue weighted by Gasteiger charge is 2.12. The van der Waals surface area contributed by atoms with Crippen molar-refractivity contribution in [3.63, 3.8) is 0 Å². The molecule has 2 N–H and O–H groups in total. The molecule has 0 aliphatic carbocycles. The molecule has 0 aliphatic heterocycles. The summed E-state index contributed by atoms with van der Waals surface area (Å²) in [7, 11) is 0. The van der Waals surface area contributed by atoms with E-state index < -0.39 is 0 Å². The monoisotopic (exact) mass is 420 g/mol. The Morgan fingerprint density at radius 3 is 2.81 bits per heavy atom. The van der Waals surface area contributed by atoms with E-state index in [4.69, 9.17) is 35.4 Å². The van der Waals surface area contributed by atoms with Gasteiger partial charge in [0, 0.05) is 22.2 Å². The molecule has 0 atom stereocenters. The van der Waals surface area contributed by atoms with E-state index in [0.717, 1.165) is 16.7 Å². The fraction of sp³-hybridized carbons (Fsp3) is 0.211. The van der Waals surface area contributed by atoms with E-state index >= 15 is 0 Å². The summed E-state index contributed by atoms with van der Waals surface area (Å²) in [6.45, 7) is 2.56. The van der Waals surface area contributed by atoms with Crippen LogP contribution in [0.4, 0.5) is 0 Å². The number of aromatic nitrogens is 3. The molecular weight excluding hydrogens is 403 g/mol. The number of aryl methyl sites for hydroxylation is 1. The van der Waals surface area contributed by atoms with E-state index in [0.29, 0.717) is 33.6 Å². The number of benzene rings is 2. The smallest absolute Gasteiger partial charge is 0.240 e. The van der Waals surface area contributed by atoms with Gasteiger partial charge in [0.2, 0.25) is 5.91 Å². The summed E-state index contributed by atoms with van der Waals surface area (Å²) < 4.78 is 2.09. The van der Waals surface area contributed by atoms with E-state index in [9.17, 15) is 4.79 Å². The lowest BCUT2D eigenvalue weighted by molar-refractivity contribution is -0.121.